The second-order valence-electron chi connectivity index (χ2n) is 5.53. The van der Waals surface area contributed by atoms with Crippen LogP contribution in [0.5, 0.6) is 0 Å². The second-order valence-corrected chi connectivity index (χ2v) is 7.29. The lowest BCUT2D eigenvalue weighted by Crippen LogP contribution is -2.27. The van der Waals surface area contributed by atoms with E-state index in [1.54, 1.807) is 12.1 Å². The third-order valence-electron chi connectivity index (χ3n) is 4.04. The van der Waals surface area contributed by atoms with Crippen LogP contribution in [0.25, 0.3) is 0 Å². The maximum atomic E-state index is 12.2. The van der Waals surface area contributed by atoms with Gasteiger partial charge in [0.25, 0.3) is 0 Å². The largest absolute Gasteiger partial charge is 0.481 e. The molecule has 1 aromatic rings. The predicted molar refractivity (Wildman–Crippen MR) is 74.2 cm³/mol. The lowest BCUT2D eigenvalue weighted by Gasteiger charge is -2.17. The van der Waals surface area contributed by atoms with Crippen LogP contribution in [0, 0.1) is 11.8 Å². The minimum absolute atomic E-state index is 0.0989. The summed E-state index contributed by atoms with van der Waals surface area (Å²) in [4.78, 5) is 10.9. The number of rotatable bonds is 5. The molecule has 2 atom stereocenters. The van der Waals surface area contributed by atoms with Crippen LogP contribution >= 0.6 is 0 Å². The van der Waals surface area contributed by atoms with Crippen LogP contribution < -0.4 is 4.72 Å². The van der Waals surface area contributed by atoms with E-state index in [-0.39, 0.29) is 17.4 Å². The summed E-state index contributed by atoms with van der Waals surface area (Å²) in [5, 5.41) is 8.81. The van der Waals surface area contributed by atoms with Crippen LogP contribution in [0.1, 0.15) is 17.5 Å². The van der Waals surface area contributed by atoms with E-state index in [0.29, 0.717) is 19.6 Å². The van der Waals surface area contributed by atoms with Gasteiger partial charge in [-0.2, -0.15) is 0 Å². The number of aliphatic carboxylic acids is 1. The summed E-state index contributed by atoms with van der Waals surface area (Å²) < 4.78 is 32.3. The maximum absolute atomic E-state index is 12.2. The molecule has 21 heavy (non-hydrogen) atoms. The summed E-state index contributed by atoms with van der Waals surface area (Å²) in [6, 6.07) is 5.05. The van der Waals surface area contributed by atoms with Gasteiger partial charge < -0.3 is 9.84 Å². The van der Waals surface area contributed by atoms with E-state index in [1.807, 2.05) is 6.07 Å². The molecule has 1 heterocycles. The number of carboxylic acid groups (broad SMARTS) is 1. The van der Waals surface area contributed by atoms with Crippen LogP contribution in [-0.2, 0) is 32.6 Å². The average molecular weight is 311 g/mol. The Morgan fingerprint density at radius 2 is 2.19 bits per heavy atom. The highest BCUT2D eigenvalue weighted by atomic mass is 32.2. The molecule has 114 valence electrons. The normalized spacial score (nSPS) is 24.4. The molecule has 2 N–H and O–H groups in total. The first-order chi connectivity index (χ1) is 9.97. The van der Waals surface area contributed by atoms with Gasteiger partial charge in [0.2, 0.25) is 10.0 Å². The summed E-state index contributed by atoms with van der Waals surface area (Å²) in [5.74, 6) is -1.37. The Morgan fingerprint density at radius 1 is 1.38 bits per heavy atom. The number of fused-ring (bicyclic) bond motifs is 1. The molecule has 1 aliphatic carbocycles. The van der Waals surface area contributed by atoms with Gasteiger partial charge >= 0.3 is 5.97 Å². The van der Waals surface area contributed by atoms with E-state index < -0.39 is 21.9 Å². The fraction of sp³-hybridized carbons (Fsp3) is 0.500. The van der Waals surface area contributed by atoms with Gasteiger partial charge in [0.15, 0.2) is 0 Å². The van der Waals surface area contributed by atoms with Crippen LogP contribution in [-0.4, -0.2) is 32.6 Å². The summed E-state index contributed by atoms with van der Waals surface area (Å²) >= 11 is 0. The zero-order valence-electron chi connectivity index (χ0n) is 11.4. The highest BCUT2D eigenvalue weighted by molar-refractivity contribution is 7.89. The molecular weight excluding hydrogens is 294 g/mol. The van der Waals surface area contributed by atoms with Gasteiger partial charge in [-0.05, 0) is 42.0 Å². The van der Waals surface area contributed by atoms with E-state index in [1.165, 1.54) is 0 Å². The molecule has 0 saturated heterocycles. The van der Waals surface area contributed by atoms with E-state index in [4.69, 9.17) is 9.84 Å². The minimum Gasteiger partial charge on any atom is -0.481 e. The van der Waals surface area contributed by atoms with Crippen molar-refractivity contribution in [2.75, 3.05) is 13.2 Å². The molecule has 1 fully saturated rings. The highest BCUT2D eigenvalue weighted by Gasteiger charge is 2.43. The monoisotopic (exact) mass is 311 g/mol. The number of carbonyl (C=O) groups is 1. The summed E-state index contributed by atoms with van der Waals surface area (Å²) in [6.45, 7) is 1.27. The van der Waals surface area contributed by atoms with Crippen molar-refractivity contribution in [1.29, 1.82) is 0 Å². The molecular formula is C14H17NO5S. The van der Waals surface area contributed by atoms with Crippen LogP contribution in [0.3, 0.4) is 0 Å². The molecule has 1 aliphatic heterocycles. The van der Waals surface area contributed by atoms with Gasteiger partial charge in [0.1, 0.15) is 0 Å². The van der Waals surface area contributed by atoms with Gasteiger partial charge in [-0.1, -0.05) is 6.07 Å². The summed E-state index contributed by atoms with van der Waals surface area (Å²) in [7, 11) is -3.60. The maximum Gasteiger partial charge on any atom is 0.306 e. The summed E-state index contributed by atoms with van der Waals surface area (Å²) in [5.41, 5.74) is 2.02. The lowest BCUT2D eigenvalue weighted by molar-refractivity contribution is -0.138. The van der Waals surface area contributed by atoms with Gasteiger partial charge in [-0.3, -0.25) is 4.79 Å². The van der Waals surface area contributed by atoms with Crippen molar-refractivity contribution < 1.29 is 23.1 Å². The molecule has 0 bridgehead atoms. The quantitative estimate of drug-likeness (QED) is 0.837. The lowest BCUT2D eigenvalue weighted by atomic mass is 10.0. The SMILES string of the molecule is O=C(O)[C@@H]1C[C@H]1CNS(=O)(=O)c1ccc2c(c1)COCC2. The predicted octanol–water partition coefficient (Wildman–Crippen LogP) is 0.758. The van der Waals surface area contributed by atoms with Crippen LogP contribution in [0.15, 0.2) is 23.1 Å². The van der Waals surface area contributed by atoms with Crippen molar-refractivity contribution >= 4 is 16.0 Å². The standard InChI is InChI=1S/C14H17NO5S/c16-14(17)13-6-10(13)7-15-21(18,19)12-2-1-9-3-4-20-8-11(9)5-12/h1-2,5,10,13,15H,3-4,6-8H2,(H,16,17)/t10-,13+/m0/s1. The van der Waals surface area contributed by atoms with Crippen LogP contribution in [0.2, 0.25) is 0 Å². The first kappa shape index (κ1) is 14.5. The molecule has 6 nitrogen and oxygen atoms in total. The Hall–Kier alpha value is -1.44. The first-order valence-electron chi connectivity index (χ1n) is 6.89. The molecule has 2 aliphatic rings. The Labute approximate surface area is 123 Å². The molecule has 3 rings (SSSR count). The molecule has 1 saturated carbocycles. The Morgan fingerprint density at radius 3 is 2.90 bits per heavy atom. The second kappa shape index (κ2) is 5.40. The van der Waals surface area contributed by atoms with Gasteiger partial charge in [0, 0.05) is 6.54 Å². The van der Waals surface area contributed by atoms with E-state index in [2.05, 4.69) is 4.72 Å². The molecule has 1 aromatic carbocycles. The molecule has 0 amide bonds. The first-order valence-corrected chi connectivity index (χ1v) is 8.38. The third kappa shape index (κ3) is 3.09. The van der Waals surface area contributed by atoms with E-state index >= 15 is 0 Å². The van der Waals surface area contributed by atoms with Crippen molar-refractivity contribution in [3.8, 4) is 0 Å². The molecule has 0 aromatic heterocycles. The Bertz CT molecular complexity index is 670. The Kier molecular flexibility index (Phi) is 3.73. The smallest absolute Gasteiger partial charge is 0.306 e. The number of nitrogens with one attached hydrogen (secondary N) is 1. The number of ether oxygens (including phenoxy) is 1. The van der Waals surface area contributed by atoms with Crippen molar-refractivity contribution in [3.63, 3.8) is 0 Å². The van der Waals surface area contributed by atoms with E-state index in [9.17, 15) is 13.2 Å². The fourth-order valence-electron chi connectivity index (χ4n) is 2.59. The number of hydrogen-bond acceptors (Lipinski definition) is 4. The topological polar surface area (TPSA) is 92.7 Å². The van der Waals surface area contributed by atoms with Gasteiger partial charge in [0.05, 0.1) is 24.0 Å². The van der Waals surface area contributed by atoms with Crippen molar-refractivity contribution in [2.45, 2.75) is 24.3 Å². The third-order valence-corrected chi connectivity index (χ3v) is 5.46. The average Bonchev–Trinajstić information content (AvgIpc) is 3.25. The summed E-state index contributed by atoms with van der Waals surface area (Å²) in [6.07, 6.45) is 1.33. The number of sulfonamides is 1. The van der Waals surface area contributed by atoms with Crippen LogP contribution in [0.4, 0.5) is 0 Å². The van der Waals surface area contributed by atoms with Crippen molar-refractivity contribution in [2.24, 2.45) is 11.8 Å². The molecule has 0 radical (unpaired) electrons. The van der Waals surface area contributed by atoms with E-state index in [0.717, 1.165) is 17.5 Å². The Balaban J connectivity index is 1.69. The van der Waals surface area contributed by atoms with Crippen molar-refractivity contribution in [3.05, 3.63) is 29.3 Å². The zero-order chi connectivity index (χ0) is 15.0. The fourth-order valence-corrected chi connectivity index (χ4v) is 3.73. The minimum atomic E-state index is -3.60. The van der Waals surface area contributed by atoms with Gasteiger partial charge in [-0.25, -0.2) is 13.1 Å². The highest BCUT2D eigenvalue weighted by Crippen LogP contribution is 2.38. The van der Waals surface area contributed by atoms with Crippen molar-refractivity contribution in [1.82, 2.24) is 4.72 Å². The molecule has 7 heteroatoms. The number of hydrogen-bond donors (Lipinski definition) is 2. The number of carboxylic acids is 1. The van der Waals surface area contributed by atoms with Gasteiger partial charge in [-0.15, -0.1) is 0 Å². The molecule has 0 unspecified atom stereocenters. The molecule has 0 spiro atoms. The zero-order valence-corrected chi connectivity index (χ0v) is 12.2. The number of benzene rings is 1.